The van der Waals surface area contributed by atoms with Crippen molar-refractivity contribution in [2.75, 3.05) is 50.7 Å². The van der Waals surface area contributed by atoms with E-state index < -0.39 is 0 Å². The predicted molar refractivity (Wildman–Crippen MR) is 90.5 cm³/mol. The second-order valence-corrected chi connectivity index (χ2v) is 6.62. The molecule has 0 N–H and O–H groups in total. The van der Waals surface area contributed by atoms with E-state index in [2.05, 4.69) is 9.80 Å². The molecule has 0 saturated carbocycles. The van der Waals surface area contributed by atoms with Crippen molar-refractivity contribution < 1.29 is 4.79 Å². The van der Waals surface area contributed by atoms with Crippen LogP contribution in [0.25, 0.3) is 0 Å². The van der Waals surface area contributed by atoms with Crippen LogP contribution >= 0.6 is 11.6 Å². The lowest BCUT2D eigenvalue weighted by Crippen LogP contribution is -2.51. The lowest BCUT2D eigenvalue weighted by atomic mass is 10.1. The van der Waals surface area contributed by atoms with Crippen LogP contribution in [0.2, 0.25) is 5.02 Å². The summed E-state index contributed by atoms with van der Waals surface area (Å²) in [7, 11) is 0. The van der Waals surface area contributed by atoms with E-state index in [0.717, 1.165) is 44.3 Å². The molecule has 2 fully saturated rings. The summed E-state index contributed by atoms with van der Waals surface area (Å²) in [5.74, 6) is 0.289. The van der Waals surface area contributed by atoms with Gasteiger partial charge in [0, 0.05) is 36.9 Å². The van der Waals surface area contributed by atoms with Gasteiger partial charge in [0.25, 0.3) is 0 Å². The first-order chi connectivity index (χ1) is 10.7. The molecule has 0 bridgehead atoms. The number of piperidine rings is 1. The third-order valence-electron chi connectivity index (χ3n) is 4.63. The molecule has 22 heavy (non-hydrogen) atoms. The van der Waals surface area contributed by atoms with Gasteiger partial charge in [0.05, 0.1) is 6.54 Å². The molecule has 0 unspecified atom stereocenters. The average molecular weight is 322 g/mol. The minimum absolute atomic E-state index is 0.289. The minimum atomic E-state index is 0.289. The standard InChI is InChI=1S/C17H24ClN3O/c18-15-4-6-16(7-5-15)20-10-12-21(13-11-20)17(22)14-19-8-2-1-3-9-19/h4-7H,1-3,8-14H2. The maximum atomic E-state index is 12.4. The van der Waals surface area contributed by atoms with Gasteiger partial charge in [-0.15, -0.1) is 0 Å². The van der Waals surface area contributed by atoms with Gasteiger partial charge >= 0.3 is 0 Å². The lowest BCUT2D eigenvalue weighted by Gasteiger charge is -2.37. The van der Waals surface area contributed by atoms with Crippen molar-refractivity contribution in [1.82, 2.24) is 9.80 Å². The van der Waals surface area contributed by atoms with Crippen molar-refractivity contribution in [3.8, 4) is 0 Å². The molecule has 120 valence electrons. The molecule has 2 heterocycles. The summed E-state index contributed by atoms with van der Waals surface area (Å²) in [5.41, 5.74) is 1.19. The summed E-state index contributed by atoms with van der Waals surface area (Å²) in [4.78, 5) is 19.0. The SMILES string of the molecule is O=C(CN1CCCCC1)N1CCN(c2ccc(Cl)cc2)CC1. The number of piperazine rings is 1. The number of nitrogens with zero attached hydrogens (tertiary/aromatic N) is 3. The number of amides is 1. The molecule has 2 saturated heterocycles. The summed E-state index contributed by atoms with van der Waals surface area (Å²) in [6.07, 6.45) is 3.78. The van der Waals surface area contributed by atoms with E-state index in [1.165, 1.54) is 24.9 Å². The molecule has 0 aromatic heterocycles. The number of halogens is 1. The molecule has 4 nitrogen and oxygen atoms in total. The molecule has 1 aromatic carbocycles. The van der Waals surface area contributed by atoms with Crippen LogP contribution in [0, 0.1) is 0 Å². The third-order valence-corrected chi connectivity index (χ3v) is 4.88. The number of benzene rings is 1. The van der Waals surface area contributed by atoms with Gasteiger partial charge in [-0.2, -0.15) is 0 Å². The van der Waals surface area contributed by atoms with Crippen molar-refractivity contribution in [3.63, 3.8) is 0 Å². The van der Waals surface area contributed by atoms with Crippen molar-refractivity contribution in [3.05, 3.63) is 29.3 Å². The number of hydrogen-bond donors (Lipinski definition) is 0. The molecule has 5 heteroatoms. The highest BCUT2D eigenvalue weighted by atomic mass is 35.5. The van der Waals surface area contributed by atoms with Crippen LogP contribution in [0.4, 0.5) is 5.69 Å². The van der Waals surface area contributed by atoms with E-state index in [1.807, 2.05) is 29.2 Å². The van der Waals surface area contributed by atoms with Gasteiger partial charge in [-0.1, -0.05) is 18.0 Å². The third kappa shape index (κ3) is 3.93. The Kier molecular flexibility index (Phi) is 5.21. The van der Waals surface area contributed by atoms with Crippen LogP contribution in [0.3, 0.4) is 0 Å². The Morgan fingerprint density at radius 1 is 0.909 bits per heavy atom. The zero-order chi connectivity index (χ0) is 15.4. The normalized spacial score (nSPS) is 20.2. The Balaban J connectivity index is 1.48. The average Bonchev–Trinajstić information content (AvgIpc) is 2.57. The summed E-state index contributed by atoms with van der Waals surface area (Å²) in [5, 5.41) is 0.763. The van der Waals surface area contributed by atoms with Gasteiger partial charge in [-0.05, 0) is 50.2 Å². The van der Waals surface area contributed by atoms with Gasteiger partial charge in [0.1, 0.15) is 0 Å². The first kappa shape index (κ1) is 15.6. The number of rotatable bonds is 3. The first-order valence-electron chi connectivity index (χ1n) is 8.23. The van der Waals surface area contributed by atoms with E-state index in [9.17, 15) is 4.79 Å². The summed E-state index contributed by atoms with van der Waals surface area (Å²) >= 11 is 5.93. The number of likely N-dealkylation sites (tertiary alicyclic amines) is 1. The molecule has 0 atom stereocenters. The van der Waals surface area contributed by atoms with Crippen molar-refractivity contribution in [1.29, 1.82) is 0 Å². The maximum Gasteiger partial charge on any atom is 0.236 e. The van der Waals surface area contributed by atoms with E-state index in [0.29, 0.717) is 6.54 Å². The van der Waals surface area contributed by atoms with E-state index in [1.54, 1.807) is 0 Å². The Morgan fingerprint density at radius 2 is 1.55 bits per heavy atom. The Morgan fingerprint density at radius 3 is 2.18 bits per heavy atom. The highest BCUT2D eigenvalue weighted by Gasteiger charge is 2.23. The Labute approximate surface area is 137 Å². The second-order valence-electron chi connectivity index (χ2n) is 6.18. The highest BCUT2D eigenvalue weighted by molar-refractivity contribution is 6.30. The summed E-state index contributed by atoms with van der Waals surface area (Å²) in [6, 6.07) is 7.94. The molecule has 0 aliphatic carbocycles. The molecular weight excluding hydrogens is 298 g/mol. The molecule has 1 aromatic rings. The maximum absolute atomic E-state index is 12.4. The fraction of sp³-hybridized carbons (Fsp3) is 0.588. The molecular formula is C17H24ClN3O. The fourth-order valence-corrected chi connectivity index (χ4v) is 3.40. The molecule has 0 radical (unpaired) electrons. The van der Waals surface area contributed by atoms with Crippen molar-refractivity contribution in [2.45, 2.75) is 19.3 Å². The van der Waals surface area contributed by atoms with Crippen LogP contribution in [0.1, 0.15) is 19.3 Å². The highest BCUT2D eigenvalue weighted by Crippen LogP contribution is 2.19. The Hall–Kier alpha value is -1.26. The van der Waals surface area contributed by atoms with Crippen LogP contribution in [-0.2, 0) is 4.79 Å². The zero-order valence-corrected chi connectivity index (χ0v) is 13.8. The monoisotopic (exact) mass is 321 g/mol. The van der Waals surface area contributed by atoms with Gasteiger partial charge < -0.3 is 9.80 Å². The summed E-state index contributed by atoms with van der Waals surface area (Å²) < 4.78 is 0. The first-order valence-corrected chi connectivity index (χ1v) is 8.61. The minimum Gasteiger partial charge on any atom is -0.368 e. The smallest absolute Gasteiger partial charge is 0.236 e. The van der Waals surface area contributed by atoms with Crippen LogP contribution < -0.4 is 4.90 Å². The number of carbonyl (C=O) groups is 1. The van der Waals surface area contributed by atoms with Crippen LogP contribution in [-0.4, -0.2) is 61.5 Å². The number of anilines is 1. The van der Waals surface area contributed by atoms with E-state index in [4.69, 9.17) is 11.6 Å². The van der Waals surface area contributed by atoms with E-state index in [-0.39, 0.29) is 5.91 Å². The van der Waals surface area contributed by atoms with Crippen LogP contribution in [0.15, 0.2) is 24.3 Å². The number of carbonyl (C=O) groups excluding carboxylic acids is 1. The quantitative estimate of drug-likeness (QED) is 0.855. The fourth-order valence-electron chi connectivity index (χ4n) is 3.27. The molecule has 2 aliphatic rings. The van der Waals surface area contributed by atoms with Crippen LogP contribution in [0.5, 0.6) is 0 Å². The molecule has 3 rings (SSSR count). The zero-order valence-electron chi connectivity index (χ0n) is 13.0. The lowest BCUT2D eigenvalue weighted by molar-refractivity contribution is -0.132. The van der Waals surface area contributed by atoms with Crippen molar-refractivity contribution >= 4 is 23.2 Å². The molecule has 0 spiro atoms. The topological polar surface area (TPSA) is 26.8 Å². The largest absolute Gasteiger partial charge is 0.368 e. The Bertz CT molecular complexity index is 491. The molecule has 2 aliphatic heterocycles. The summed E-state index contributed by atoms with van der Waals surface area (Å²) in [6.45, 7) is 6.18. The van der Waals surface area contributed by atoms with Gasteiger partial charge in [-0.25, -0.2) is 0 Å². The molecule has 1 amide bonds. The van der Waals surface area contributed by atoms with Gasteiger partial charge in [-0.3, -0.25) is 9.69 Å². The second kappa shape index (κ2) is 7.34. The van der Waals surface area contributed by atoms with E-state index >= 15 is 0 Å². The van der Waals surface area contributed by atoms with Crippen molar-refractivity contribution in [2.24, 2.45) is 0 Å². The van der Waals surface area contributed by atoms with Gasteiger partial charge in [0.15, 0.2) is 0 Å². The van der Waals surface area contributed by atoms with Gasteiger partial charge in [0.2, 0.25) is 5.91 Å². The predicted octanol–water partition coefficient (Wildman–Crippen LogP) is 2.47. The number of hydrogen-bond acceptors (Lipinski definition) is 3.